The van der Waals surface area contributed by atoms with E-state index in [1.54, 1.807) is 19.5 Å². The van der Waals surface area contributed by atoms with E-state index in [-0.39, 0.29) is 0 Å². The van der Waals surface area contributed by atoms with Gasteiger partial charge < -0.3 is 19.7 Å². The van der Waals surface area contributed by atoms with E-state index in [0.717, 1.165) is 49.9 Å². The quantitative estimate of drug-likeness (QED) is 0.835. The molecule has 0 saturated carbocycles. The number of aromatic nitrogens is 2. The summed E-state index contributed by atoms with van der Waals surface area (Å²) in [5.41, 5.74) is 1.19. The topological polar surface area (TPSA) is 59.5 Å². The number of hydrogen-bond donors (Lipinski definition) is 1. The molecule has 1 saturated heterocycles. The van der Waals surface area contributed by atoms with Crippen LogP contribution in [-0.4, -0.2) is 42.8 Å². The molecular formula is C19H26N4O2. The molecule has 1 aliphatic rings. The van der Waals surface area contributed by atoms with Crippen molar-refractivity contribution in [2.24, 2.45) is 0 Å². The average molecular weight is 342 g/mol. The van der Waals surface area contributed by atoms with E-state index in [1.807, 2.05) is 19.1 Å². The maximum Gasteiger partial charge on any atom is 0.225 e. The Morgan fingerprint density at radius 3 is 2.84 bits per heavy atom. The second-order valence-corrected chi connectivity index (χ2v) is 6.13. The van der Waals surface area contributed by atoms with Crippen molar-refractivity contribution in [3.05, 3.63) is 42.2 Å². The number of nitrogens with one attached hydrogen (secondary N) is 1. The van der Waals surface area contributed by atoms with Gasteiger partial charge in [-0.2, -0.15) is 0 Å². The fraction of sp³-hybridized carbons (Fsp3) is 0.474. The summed E-state index contributed by atoms with van der Waals surface area (Å²) in [5.74, 6) is 2.39. The van der Waals surface area contributed by atoms with Gasteiger partial charge in [0.2, 0.25) is 5.95 Å². The van der Waals surface area contributed by atoms with Crippen LogP contribution in [0, 0.1) is 0 Å². The molecule has 1 aliphatic heterocycles. The van der Waals surface area contributed by atoms with E-state index in [0.29, 0.717) is 12.6 Å². The fourth-order valence-electron chi connectivity index (χ4n) is 3.14. The van der Waals surface area contributed by atoms with Gasteiger partial charge in [-0.25, -0.2) is 9.97 Å². The molecule has 0 aliphatic carbocycles. The summed E-state index contributed by atoms with van der Waals surface area (Å²) in [5, 5.41) is 3.65. The predicted octanol–water partition coefficient (Wildman–Crippen LogP) is 2.64. The molecule has 0 radical (unpaired) electrons. The lowest BCUT2D eigenvalue weighted by Gasteiger charge is -2.33. The first kappa shape index (κ1) is 17.5. The van der Waals surface area contributed by atoms with Gasteiger partial charge in [0.05, 0.1) is 13.7 Å². The van der Waals surface area contributed by atoms with Crippen LogP contribution in [0.1, 0.15) is 25.3 Å². The molecule has 25 heavy (non-hydrogen) atoms. The molecule has 1 aromatic heterocycles. The second kappa shape index (κ2) is 8.67. The van der Waals surface area contributed by atoms with Crippen LogP contribution >= 0.6 is 0 Å². The Labute approximate surface area is 149 Å². The Morgan fingerprint density at radius 1 is 1.24 bits per heavy atom. The van der Waals surface area contributed by atoms with E-state index in [2.05, 4.69) is 32.3 Å². The Hall–Kier alpha value is -2.34. The Bertz CT molecular complexity index is 666. The first-order chi connectivity index (χ1) is 12.3. The highest BCUT2D eigenvalue weighted by atomic mass is 16.5. The number of piperidine rings is 1. The SMILES string of the molecule is CCOc1cc(CN[C@H]2CCCN(c3ncccn3)C2)ccc1OC. The lowest BCUT2D eigenvalue weighted by atomic mass is 10.1. The van der Waals surface area contributed by atoms with Gasteiger partial charge in [-0.05, 0) is 43.5 Å². The van der Waals surface area contributed by atoms with Gasteiger partial charge >= 0.3 is 0 Å². The van der Waals surface area contributed by atoms with Crippen molar-refractivity contribution in [1.29, 1.82) is 0 Å². The number of rotatable bonds is 7. The van der Waals surface area contributed by atoms with Crippen LogP contribution in [0.15, 0.2) is 36.7 Å². The van der Waals surface area contributed by atoms with Crippen LogP contribution in [0.2, 0.25) is 0 Å². The normalized spacial score (nSPS) is 17.4. The van der Waals surface area contributed by atoms with Crippen molar-refractivity contribution in [2.45, 2.75) is 32.4 Å². The Balaban J connectivity index is 1.58. The lowest BCUT2D eigenvalue weighted by Crippen LogP contribution is -2.46. The van der Waals surface area contributed by atoms with E-state index in [1.165, 1.54) is 5.56 Å². The number of methoxy groups -OCH3 is 1. The molecule has 0 amide bonds. The molecule has 6 heteroatoms. The molecule has 1 atom stereocenters. The minimum absolute atomic E-state index is 0.426. The van der Waals surface area contributed by atoms with Crippen LogP contribution in [0.25, 0.3) is 0 Å². The maximum absolute atomic E-state index is 5.66. The minimum atomic E-state index is 0.426. The second-order valence-electron chi connectivity index (χ2n) is 6.13. The molecule has 2 heterocycles. The molecule has 3 rings (SSSR count). The summed E-state index contributed by atoms with van der Waals surface area (Å²) in [6, 6.07) is 8.37. The molecule has 1 aromatic carbocycles. The van der Waals surface area contributed by atoms with E-state index in [4.69, 9.17) is 9.47 Å². The highest BCUT2D eigenvalue weighted by Gasteiger charge is 2.21. The fourth-order valence-corrected chi connectivity index (χ4v) is 3.14. The summed E-state index contributed by atoms with van der Waals surface area (Å²) in [6.45, 7) is 5.35. The van der Waals surface area contributed by atoms with E-state index >= 15 is 0 Å². The Morgan fingerprint density at radius 2 is 2.08 bits per heavy atom. The van der Waals surface area contributed by atoms with Crippen LogP contribution in [0.3, 0.4) is 0 Å². The lowest BCUT2D eigenvalue weighted by molar-refractivity contribution is 0.310. The third-order valence-corrected chi connectivity index (χ3v) is 4.38. The first-order valence-corrected chi connectivity index (χ1v) is 8.85. The summed E-state index contributed by atoms with van der Waals surface area (Å²) >= 11 is 0. The van der Waals surface area contributed by atoms with Crippen molar-refractivity contribution < 1.29 is 9.47 Å². The van der Waals surface area contributed by atoms with Gasteiger partial charge in [0.25, 0.3) is 0 Å². The first-order valence-electron chi connectivity index (χ1n) is 8.85. The van der Waals surface area contributed by atoms with Crippen LogP contribution in [-0.2, 0) is 6.54 Å². The van der Waals surface area contributed by atoms with Crippen molar-refractivity contribution in [1.82, 2.24) is 15.3 Å². The zero-order chi connectivity index (χ0) is 17.5. The third-order valence-electron chi connectivity index (χ3n) is 4.38. The van der Waals surface area contributed by atoms with Crippen LogP contribution < -0.4 is 19.7 Å². The summed E-state index contributed by atoms with van der Waals surface area (Å²) in [6.07, 6.45) is 5.90. The zero-order valence-electron chi connectivity index (χ0n) is 14.9. The minimum Gasteiger partial charge on any atom is -0.493 e. The highest BCUT2D eigenvalue weighted by molar-refractivity contribution is 5.43. The molecule has 1 fully saturated rings. The van der Waals surface area contributed by atoms with Gasteiger partial charge in [-0.3, -0.25) is 0 Å². The van der Waals surface area contributed by atoms with Gasteiger partial charge in [0.1, 0.15) is 0 Å². The number of nitrogens with zero attached hydrogens (tertiary/aromatic N) is 3. The average Bonchev–Trinajstić information content (AvgIpc) is 2.68. The summed E-state index contributed by atoms with van der Waals surface area (Å²) in [4.78, 5) is 11.0. The molecular weight excluding hydrogens is 316 g/mol. The standard InChI is InChI=1S/C19H26N4O2/c1-3-25-18-12-15(7-8-17(18)24-2)13-22-16-6-4-11-23(14-16)19-20-9-5-10-21-19/h5,7-10,12,16,22H,3-4,6,11,13-14H2,1-2H3/t16-/m0/s1. The van der Waals surface area contributed by atoms with Gasteiger partial charge in [-0.1, -0.05) is 6.07 Å². The molecule has 6 nitrogen and oxygen atoms in total. The number of anilines is 1. The molecule has 0 bridgehead atoms. The smallest absolute Gasteiger partial charge is 0.225 e. The van der Waals surface area contributed by atoms with Crippen LogP contribution in [0.5, 0.6) is 11.5 Å². The van der Waals surface area contributed by atoms with Crippen molar-refractivity contribution in [3.8, 4) is 11.5 Å². The van der Waals surface area contributed by atoms with Crippen molar-refractivity contribution >= 4 is 5.95 Å². The molecule has 134 valence electrons. The summed E-state index contributed by atoms with van der Waals surface area (Å²) < 4.78 is 11.0. The van der Waals surface area contributed by atoms with Gasteiger partial charge in [-0.15, -0.1) is 0 Å². The van der Waals surface area contributed by atoms with Crippen molar-refractivity contribution in [2.75, 3.05) is 31.7 Å². The number of hydrogen-bond acceptors (Lipinski definition) is 6. The zero-order valence-corrected chi connectivity index (χ0v) is 14.9. The number of benzene rings is 1. The monoisotopic (exact) mass is 342 g/mol. The van der Waals surface area contributed by atoms with Crippen molar-refractivity contribution in [3.63, 3.8) is 0 Å². The molecule has 2 aromatic rings. The maximum atomic E-state index is 5.66. The summed E-state index contributed by atoms with van der Waals surface area (Å²) in [7, 11) is 1.66. The highest BCUT2D eigenvalue weighted by Crippen LogP contribution is 2.28. The largest absolute Gasteiger partial charge is 0.493 e. The molecule has 0 unspecified atom stereocenters. The third kappa shape index (κ3) is 4.60. The molecule has 1 N–H and O–H groups in total. The van der Waals surface area contributed by atoms with Crippen LogP contribution in [0.4, 0.5) is 5.95 Å². The molecule has 0 spiro atoms. The Kier molecular flexibility index (Phi) is 6.06. The predicted molar refractivity (Wildman–Crippen MR) is 98.3 cm³/mol. The van der Waals surface area contributed by atoms with Gasteiger partial charge in [0.15, 0.2) is 11.5 Å². The number of ether oxygens (including phenoxy) is 2. The van der Waals surface area contributed by atoms with Gasteiger partial charge in [0, 0.05) is 38.1 Å². The van der Waals surface area contributed by atoms with E-state index in [9.17, 15) is 0 Å². The van der Waals surface area contributed by atoms with E-state index < -0.39 is 0 Å².